The van der Waals surface area contributed by atoms with Crippen molar-refractivity contribution in [3.63, 3.8) is 0 Å². The largest absolute Gasteiger partial charge is 0.489 e. The quantitative estimate of drug-likeness (QED) is 0.787. The molecule has 0 aromatic heterocycles. The molecule has 2 N–H and O–H groups in total. The molecule has 0 aliphatic carbocycles. The molecule has 0 saturated heterocycles. The topological polar surface area (TPSA) is 58.6 Å². The van der Waals surface area contributed by atoms with Crippen molar-refractivity contribution in [1.82, 2.24) is 5.32 Å². The van der Waals surface area contributed by atoms with Crippen LogP contribution in [0.25, 0.3) is 0 Å². The second kappa shape index (κ2) is 8.96. The van der Waals surface area contributed by atoms with Crippen molar-refractivity contribution in [3.8, 4) is 5.75 Å². The van der Waals surface area contributed by atoms with Crippen LogP contribution in [0, 0.1) is 5.92 Å². The Kier molecular flexibility index (Phi) is 6.63. The van der Waals surface area contributed by atoms with Gasteiger partial charge in [-0.1, -0.05) is 37.3 Å². The average molecular weight is 313 g/mol. The summed E-state index contributed by atoms with van der Waals surface area (Å²) in [5.74, 6) is 0.890. The summed E-state index contributed by atoms with van der Waals surface area (Å²) < 4.78 is 5.70. The highest BCUT2D eigenvalue weighted by Gasteiger charge is 2.08. The highest BCUT2D eigenvalue weighted by atomic mass is 16.5. The SMILES string of the molecule is CC(CCO)CNC(=O)c1ccc(OCc2ccccc2)cc1. The molecule has 1 amide bonds. The molecule has 0 saturated carbocycles. The minimum absolute atomic E-state index is 0.107. The Morgan fingerprint density at radius 1 is 1.13 bits per heavy atom. The number of amides is 1. The standard InChI is InChI=1S/C19H23NO3/c1-15(11-12-21)13-20-19(22)17-7-9-18(10-8-17)23-14-16-5-3-2-4-6-16/h2-10,15,21H,11-14H2,1H3,(H,20,22). The van der Waals surface area contributed by atoms with Crippen LogP contribution in [0.2, 0.25) is 0 Å². The minimum Gasteiger partial charge on any atom is -0.489 e. The predicted octanol–water partition coefficient (Wildman–Crippen LogP) is 3.01. The van der Waals surface area contributed by atoms with Crippen LogP contribution in [0.5, 0.6) is 5.75 Å². The van der Waals surface area contributed by atoms with Gasteiger partial charge in [0.15, 0.2) is 0 Å². The molecule has 0 spiro atoms. The number of hydrogen-bond acceptors (Lipinski definition) is 3. The van der Waals surface area contributed by atoms with Gasteiger partial charge in [-0.3, -0.25) is 4.79 Å². The summed E-state index contributed by atoms with van der Waals surface area (Å²) in [6.07, 6.45) is 0.687. The van der Waals surface area contributed by atoms with Gasteiger partial charge in [0.1, 0.15) is 12.4 Å². The van der Waals surface area contributed by atoms with E-state index in [1.54, 1.807) is 24.3 Å². The molecule has 0 fully saturated rings. The molecule has 2 aromatic carbocycles. The number of carbonyl (C=O) groups excluding carboxylic acids is 1. The van der Waals surface area contributed by atoms with Crippen molar-refractivity contribution in [1.29, 1.82) is 0 Å². The van der Waals surface area contributed by atoms with Gasteiger partial charge in [0.05, 0.1) is 0 Å². The number of nitrogens with one attached hydrogen (secondary N) is 1. The molecule has 0 radical (unpaired) electrons. The van der Waals surface area contributed by atoms with Crippen molar-refractivity contribution in [2.75, 3.05) is 13.2 Å². The van der Waals surface area contributed by atoms with Crippen molar-refractivity contribution in [3.05, 3.63) is 65.7 Å². The molecule has 2 aromatic rings. The first-order chi connectivity index (χ1) is 11.2. The summed E-state index contributed by atoms with van der Waals surface area (Å²) >= 11 is 0. The van der Waals surface area contributed by atoms with Gasteiger partial charge in [0.2, 0.25) is 0 Å². The first kappa shape index (κ1) is 17.0. The van der Waals surface area contributed by atoms with Crippen molar-refractivity contribution < 1.29 is 14.6 Å². The van der Waals surface area contributed by atoms with E-state index >= 15 is 0 Å². The molecule has 122 valence electrons. The zero-order valence-corrected chi connectivity index (χ0v) is 13.4. The number of aliphatic hydroxyl groups is 1. The van der Waals surface area contributed by atoms with Crippen molar-refractivity contribution in [2.45, 2.75) is 20.0 Å². The van der Waals surface area contributed by atoms with Crippen LogP contribution < -0.4 is 10.1 Å². The van der Waals surface area contributed by atoms with Crippen LogP contribution in [0.4, 0.5) is 0 Å². The zero-order valence-electron chi connectivity index (χ0n) is 13.4. The lowest BCUT2D eigenvalue weighted by atomic mass is 10.1. The molecule has 1 atom stereocenters. The van der Waals surface area contributed by atoms with Gasteiger partial charge in [-0.25, -0.2) is 0 Å². The van der Waals surface area contributed by atoms with Crippen LogP contribution in [0.3, 0.4) is 0 Å². The normalized spacial score (nSPS) is 11.7. The van der Waals surface area contributed by atoms with Crippen molar-refractivity contribution >= 4 is 5.91 Å². The third-order valence-electron chi connectivity index (χ3n) is 3.60. The Morgan fingerprint density at radius 2 is 1.83 bits per heavy atom. The highest BCUT2D eigenvalue weighted by Crippen LogP contribution is 2.14. The van der Waals surface area contributed by atoms with E-state index in [0.29, 0.717) is 25.1 Å². The van der Waals surface area contributed by atoms with Gasteiger partial charge < -0.3 is 15.2 Å². The maximum Gasteiger partial charge on any atom is 0.251 e. The maximum absolute atomic E-state index is 12.0. The van der Waals surface area contributed by atoms with Gasteiger partial charge in [-0.15, -0.1) is 0 Å². The second-order valence-electron chi connectivity index (χ2n) is 5.63. The Balaban J connectivity index is 1.82. The number of aliphatic hydroxyl groups excluding tert-OH is 1. The number of benzene rings is 2. The second-order valence-corrected chi connectivity index (χ2v) is 5.63. The Labute approximate surface area is 137 Å². The van der Waals surface area contributed by atoms with Gasteiger partial charge in [-0.2, -0.15) is 0 Å². The lowest BCUT2D eigenvalue weighted by Crippen LogP contribution is -2.28. The monoisotopic (exact) mass is 313 g/mol. The summed E-state index contributed by atoms with van der Waals surface area (Å²) in [6, 6.07) is 17.1. The fraction of sp³-hybridized carbons (Fsp3) is 0.316. The van der Waals surface area contributed by atoms with E-state index in [2.05, 4.69) is 5.32 Å². The lowest BCUT2D eigenvalue weighted by molar-refractivity contribution is 0.0945. The summed E-state index contributed by atoms with van der Waals surface area (Å²) in [4.78, 5) is 12.0. The first-order valence-electron chi connectivity index (χ1n) is 7.85. The van der Waals surface area contributed by atoms with Crippen LogP contribution >= 0.6 is 0 Å². The van der Waals surface area contributed by atoms with E-state index in [1.807, 2.05) is 37.3 Å². The van der Waals surface area contributed by atoms with Crippen LogP contribution in [0.15, 0.2) is 54.6 Å². The van der Waals surface area contributed by atoms with E-state index < -0.39 is 0 Å². The number of hydrogen-bond donors (Lipinski definition) is 2. The fourth-order valence-corrected chi connectivity index (χ4v) is 2.13. The number of rotatable bonds is 8. The Hall–Kier alpha value is -2.33. The highest BCUT2D eigenvalue weighted by molar-refractivity contribution is 5.94. The van der Waals surface area contributed by atoms with Crippen LogP contribution in [-0.4, -0.2) is 24.2 Å². The smallest absolute Gasteiger partial charge is 0.251 e. The lowest BCUT2D eigenvalue weighted by Gasteiger charge is -2.11. The first-order valence-corrected chi connectivity index (χ1v) is 7.85. The van der Waals surface area contributed by atoms with Gasteiger partial charge in [0, 0.05) is 18.7 Å². The van der Waals surface area contributed by atoms with E-state index in [4.69, 9.17) is 9.84 Å². The predicted molar refractivity (Wildman–Crippen MR) is 90.4 cm³/mol. The summed E-state index contributed by atoms with van der Waals surface area (Å²) in [5, 5.41) is 11.7. The third-order valence-corrected chi connectivity index (χ3v) is 3.60. The molecular weight excluding hydrogens is 290 g/mol. The van der Waals surface area contributed by atoms with E-state index in [-0.39, 0.29) is 18.4 Å². The zero-order chi connectivity index (χ0) is 16.5. The van der Waals surface area contributed by atoms with Crippen LogP contribution in [-0.2, 0) is 6.61 Å². The summed E-state index contributed by atoms with van der Waals surface area (Å²) in [6.45, 7) is 3.21. The molecule has 0 aliphatic rings. The molecular formula is C19H23NO3. The number of ether oxygens (including phenoxy) is 1. The Bertz CT molecular complexity index is 596. The van der Waals surface area contributed by atoms with Gasteiger partial charge in [-0.05, 0) is 42.2 Å². The van der Waals surface area contributed by atoms with Gasteiger partial charge in [0.25, 0.3) is 5.91 Å². The number of carbonyl (C=O) groups is 1. The molecule has 0 heterocycles. The minimum atomic E-state index is -0.107. The molecule has 4 nitrogen and oxygen atoms in total. The summed E-state index contributed by atoms with van der Waals surface area (Å²) in [7, 11) is 0. The molecule has 1 unspecified atom stereocenters. The van der Waals surface area contributed by atoms with E-state index in [0.717, 1.165) is 11.3 Å². The molecule has 2 rings (SSSR count). The summed E-state index contributed by atoms with van der Waals surface area (Å²) in [5.41, 5.74) is 1.71. The van der Waals surface area contributed by atoms with Gasteiger partial charge >= 0.3 is 0 Å². The Morgan fingerprint density at radius 3 is 2.48 bits per heavy atom. The van der Waals surface area contributed by atoms with Crippen LogP contribution in [0.1, 0.15) is 29.3 Å². The van der Waals surface area contributed by atoms with Crippen molar-refractivity contribution in [2.24, 2.45) is 5.92 Å². The molecule has 4 heteroatoms. The molecule has 0 bridgehead atoms. The average Bonchev–Trinajstić information content (AvgIpc) is 2.59. The van der Waals surface area contributed by atoms with E-state index in [1.165, 1.54) is 0 Å². The molecule has 0 aliphatic heterocycles. The maximum atomic E-state index is 12.0. The van der Waals surface area contributed by atoms with E-state index in [9.17, 15) is 4.79 Å². The fourth-order valence-electron chi connectivity index (χ4n) is 2.13. The third kappa shape index (κ3) is 5.75. The molecule has 23 heavy (non-hydrogen) atoms.